The molecular formula is C58H109N2O6P. The highest BCUT2D eigenvalue weighted by molar-refractivity contribution is 7.45. The first kappa shape index (κ1) is 65.2. The highest BCUT2D eigenvalue weighted by atomic mass is 31.2. The Morgan fingerprint density at radius 2 is 0.910 bits per heavy atom. The lowest BCUT2D eigenvalue weighted by molar-refractivity contribution is -0.870. The maximum atomic E-state index is 13.0. The number of aliphatic hydroxyl groups is 1. The number of carbonyl (C=O) groups excluding carboxylic acids is 1. The van der Waals surface area contributed by atoms with Gasteiger partial charge >= 0.3 is 0 Å². The van der Waals surface area contributed by atoms with Crippen LogP contribution in [-0.2, 0) is 18.4 Å². The zero-order valence-corrected chi connectivity index (χ0v) is 45.5. The van der Waals surface area contributed by atoms with E-state index in [1.54, 1.807) is 0 Å². The van der Waals surface area contributed by atoms with Crippen molar-refractivity contribution in [3.8, 4) is 0 Å². The number of carbonyl (C=O) groups is 1. The van der Waals surface area contributed by atoms with E-state index in [4.69, 9.17) is 9.05 Å². The summed E-state index contributed by atoms with van der Waals surface area (Å²) in [5, 5.41) is 14.0. The van der Waals surface area contributed by atoms with Crippen LogP contribution < -0.4 is 10.2 Å². The highest BCUT2D eigenvalue weighted by Crippen LogP contribution is 2.38. The Hall–Kier alpha value is -1.80. The molecule has 0 aromatic rings. The van der Waals surface area contributed by atoms with Gasteiger partial charge in [0.25, 0.3) is 7.82 Å². The van der Waals surface area contributed by atoms with Crippen molar-refractivity contribution in [2.75, 3.05) is 40.9 Å². The molecule has 2 N–H and O–H groups in total. The van der Waals surface area contributed by atoms with Gasteiger partial charge in [0.1, 0.15) is 13.2 Å². The first-order chi connectivity index (χ1) is 32.5. The Kier molecular flexibility index (Phi) is 47.9. The quantitative estimate of drug-likeness (QED) is 0.0272. The summed E-state index contributed by atoms with van der Waals surface area (Å²) in [6, 6.07) is -0.811. The molecule has 0 rings (SSSR count). The summed E-state index contributed by atoms with van der Waals surface area (Å²) in [7, 11) is 1.29. The van der Waals surface area contributed by atoms with Crippen LogP contribution in [0.4, 0.5) is 0 Å². The summed E-state index contributed by atoms with van der Waals surface area (Å²) in [6.07, 6.45) is 65.3. The van der Waals surface area contributed by atoms with E-state index in [1.165, 1.54) is 141 Å². The second-order valence-corrected chi connectivity index (χ2v) is 21.7. The van der Waals surface area contributed by atoms with E-state index in [9.17, 15) is 19.4 Å². The number of amides is 1. The Morgan fingerprint density at radius 3 is 1.33 bits per heavy atom. The molecular weight excluding hydrogens is 852 g/mol. The van der Waals surface area contributed by atoms with Gasteiger partial charge in [-0.2, -0.15) is 0 Å². The zero-order chi connectivity index (χ0) is 49.2. The maximum Gasteiger partial charge on any atom is 0.268 e. The molecule has 3 atom stereocenters. The van der Waals surface area contributed by atoms with Gasteiger partial charge in [0.05, 0.1) is 39.9 Å². The lowest BCUT2D eigenvalue weighted by Crippen LogP contribution is -2.46. The van der Waals surface area contributed by atoms with Crippen LogP contribution in [-0.4, -0.2) is 68.5 Å². The van der Waals surface area contributed by atoms with E-state index < -0.39 is 20.0 Å². The number of hydrogen-bond acceptors (Lipinski definition) is 6. The summed E-state index contributed by atoms with van der Waals surface area (Å²) >= 11 is 0. The molecule has 8 nitrogen and oxygen atoms in total. The lowest BCUT2D eigenvalue weighted by Gasteiger charge is -2.30. The van der Waals surface area contributed by atoms with Crippen LogP contribution in [0.3, 0.4) is 0 Å². The van der Waals surface area contributed by atoms with E-state index in [0.717, 1.165) is 83.5 Å². The highest BCUT2D eigenvalue weighted by Gasteiger charge is 2.24. The van der Waals surface area contributed by atoms with Crippen molar-refractivity contribution in [2.24, 2.45) is 0 Å². The average Bonchev–Trinajstić information content (AvgIpc) is 3.29. The Balaban J connectivity index is 4.23. The topological polar surface area (TPSA) is 108 Å². The molecule has 0 aromatic carbocycles. The predicted octanol–water partition coefficient (Wildman–Crippen LogP) is 16.3. The van der Waals surface area contributed by atoms with Gasteiger partial charge in [0, 0.05) is 6.42 Å². The molecule has 0 bridgehead atoms. The van der Waals surface area contributed by atoms with Crippen LogP contribution >= 0.6 is 7.82 Å². The number of nitrogens with one attached hydrogen (secondary N) is 1. The van der Waals surface area contributed by atoms with Crippen LogP contribution in [0, 0.1) is 0 Å². The molecule has 0 aliphatic heterocycles. The van der Waals surface area contributed by atoms with Crippen LogP contribution in [0.2, 0.25) is 0 Å². The minimum absolute atomic E-state index is 0.00757. The van der Waals surface area contributed by atoms with Crippen molar-refractivity contribution >= 4 is 13.7 Å². The number of hydrogen-bond donors (Lipinski definition) is 2. The van der Waals surface area contributed by atoms with Crippen molar-refractivity contribution in [1.82, 2.24) is 5.32 Å². The van der Waals surface area contributed by atoms with E-state index >= 15 is 0 Å². The van der Waals surface area contributed by atoms with Crippen LogP contribution in [0.15, 0.2) is 60.8 Å². The molecule has 0 spiro atoms. The standard InChI is InChI=1S/C58H109N2O6P/c1-6-8-10-12-14-16-18-20-22-24-26-28-30-32-34-36-38-40-42-44-46-48-50-52-58(62)59-56(55-66-67(63,64)65-54-53-60(3,4)5)57(61)51-49-47-45-43-41-39-37-35-33-31-29-27-25-23-21-19-17-15-13-11-9-7-2/h8,10,14,16,20,22,26,28,32,34,56-57,61H,6-7,9,11-13,15,17-19,21,23-25,27,29-31,33,35-55H2,1-5H3,(H-,59,62,63,64)/b10-8-,16-14-,22-20-,28-26-,34-32-. The van der Waals surface area contributed by atoms with Crippen molar-refractivity contribution in [2.45, 2.75) is 264 Å². The SMILES string of the molecule is CC/C=C\C/C=C\C/C=C\C/C=C\C/C=C\CCCCCCCCCC(=O)NC(COP(=O)([O-])OCC[N+](C)(C)C)C(O)CCCCCCCCCCCCCCCCCCCCCCCC. The third-order valence-electron chi connectivity index (χ3n) is 12.5. The number of unbranched alkanes of at least 4 members (excludes halogenated alkanes) is 28. The van der Waals surface area contributed by atoms with Crippen LogP contribution in [0.25, 0.3) is 0 Å². The fourth-order valence-corrected chi connectivity index (χ4v) is 8.85. The monoisotopic (exact) mass is 961 g/mol. The molecule has 3 unspecified atom stereocenters. The normalized spacial score (nSPS) is 14.4. The molecule has 0 saturated carbocycles. The van der Waals surface area contributed by atoms with Crippen molar-refractivity contribution in [3.63, 3.8) is 0 Å². The number of quaternary nitrogens is 1. The minimum atomic E-state index is -4.58. The van der Waals surface area contributed by atoms with Crippen LogP contribution in [0.1, 0.15) is 251 Å². The fourth-order valence-electron chi connectivity index (χ4n) is 8.13. The fraction of sp³-hybridized carbons (Fsp3) is 0.810. The molecule has 0 fully saturated rings. The van der Waals surface area contributed by atoms with E-state index in [0.29, 0.717) is 23.9 Å². The third kappa shape index (κ3) is 51.9. The molecule has 392 valence electrons. The summed E-state index contributed by atoms with van der Waals surface area (Å²) in [5.41, 5.74) is 0. The van der Waals surface area contributed by atoms with Crippen molar-refractivity contribution in [1.29, 1.82) is 0 Å². The van der Waals surface area contributed by atoms with E-state index in [-0.39, 0.29) is 19.1 Å². The second-order valence-electron chi connectivity index (χ2n) is 20.3. The minimum Gasteiger partial charge on any atom is -0.756 e. The van der Waals surface area contributed by atoms with Gasteiger partial charge in [0.2, 0.25) is 5.91 Å². The number of nitrogens with zero attached hydrogens (tertiary/aromatic N) is 1. The van der Waals surface area contributed by atoms with Gasteiger partial charge in [-0.15, -0.1) is 0 Å². The van der Waals surface area contributed by atoms with Gasteiger partial charge in [0.15, 0.2) is 0 Å². The van der Waals surface area contributed by atoms with Gasteiger partial charge in [-0.1, -0.05) is 248 Å². The zero-order valence-electron chi connectivity index (χ0n) is 44.6. The molecule has 0 heterocycles. The number of phosphoric acid groups is 1. The second kappa shape index (κ2) is 49.2. The van der Waals surface area contributed by atoms with Gasteiger partial charge < -0.3 is 28.8 Å². The first-order valence-corrected chi connectivity index (χ1v) is 29.6. The van der Waals surface area contributed by atoms with E-state index in [1.807, 2.05) is 21.1 Å². The van der Waals surface area contributed by atoms with Crippen molar-refractivity contribution in [3.05, 3.63) is 60.8 Å². The maximum absolute atomic E-state index is 13.0. The Morgan fingerprint density at radius 1 is 0.537 bits per heavy atom. The summed E-state index contributed by atoms with van der Waals surface area (Å²) in [4.78, 5) is 25.5. The molecule has 0 aliphatic rings. The van der Waals surface area contributed by atoms with Gasteiger partial charge in [-0.05, 0) is 57.8 Å². The number of aliphatic hydroxyl groups excluding tert-OH is 1. The number of allylic oxidation sites excluding steroid dienone is 10. The first-order valence-electron chi connectivity index (χ1n) is 28.1. The molecule has 0 aromatic heterocycles. The summed E-state index contributed by atoms with van der Waals surface area (Å²) < 4.78 is 23.4. The van der Waals surface area contributed by atoms with E-state index in [2.05, 4.69) is 79.9 Å². The van der Waals surface area contributed by atoms with Gasteiger partial charge in [-0.3, -0.25) is 9.36 Å². The predicted molar refractivity (Wildman–Crippen MR) is 288 cm³/mol. The number of phosphoric ester groups is 1. The summed E-state index contributed by atoms with van der Waals surface area (Å²) in [5.74, 6) is -0.175. The van der Waals surface area contributed by atoms with Gasteiger partial charge in [-0.25, -0.2) is 0 Å². The number of likely N-dealkylation sites (N-methyl/N-ethyl adjacent to an activating group) is 1. The molecule has 0 radical (unpaired) electrons. The summed E-state index contributed by atoms with van der Waals surface area (Å²) in [6.45, 7) is 4.62. The van der Waals surface area contributed by atoms with Crippen molar-refractivity contribution < 1.29 is 32.9 Å². The Bertz CT molecular complexity index is 1270. The molecule has 1 amide bonds. The average molecular weight is 961 g/mol. The van der Waals surface area contributed by atoms with Crippen LogP contribution in [0.5, 0.6) is 0 Å². The largest absolute Gasteiger partial charge is 0.756 e. The molecule has 0 saturated heterocycles. The molecule has 9 heteroatoms. The molecule has 67 heavy (non-hydrogen) atoms. The smallest absolute Gasteiger partial charge is 0.268 e. The third-order valence-corrected chi connectivity index (χ3v) is 13.5. The molecule has 0 aliphatic carbocycles. The Labute approximate surface area is 415 Å². The number of rotatable bonds is 51. The lowest BCUT2D eigenvalue weighted by atomic mass is 10.0.